The van der Waals surface area contributed by atoms with Gasteiger partial charge >= 0.3 is 6.18 Å². The minimum atomic E-state index is -4.19. The average Bonchev–Trinajstić information content (AvgIpc) is 2.14. The lowest BCUT2D eigenvalue weighted by molar-refractivity contribution is -0.144. The first-order valence-electron chi connectivity index (χ1n) is 4.89. The molecule has 0 heterocycles. The summed E-state index contributed by atoms with van der Waals surface area (Å²) >= 11 is 3.28. The van der Waals surface area contributed by atoms with E-state index in [9.17, 15) is 13.2 Å². The van der Waals surface area contributed by atoms with Gasteiger partial charge in [-0.15, -0.1) is 0 Å². The van der Waals surface area contributed by atoms with E-state index in [1.165, 1.54) is 19.1 Å². The number of benzene rings is 1. The first-order valence-corrected chi connectivity index (χ1v) is 5.69. The number of hydrogen-bond donors (Lipinski definition) is 0. The second-order valence-electron chi connectivity index (χ2n) is 3.74. The standard InChI is InChI=1S/C11H13BrF3NO/c1-16(7-11(13,14)15)6-8-5-9(12)3-4-10(8)17-2/h3-5H,6-7H2,1-2H3. The molecule has 0 aliphatic heterocycles. The van der Waals surface area contributed by atoms with Crippen molar-refractivity contribution < 1.29 is 17.9 Å². The van der Waals surface area contributed by atoms with E-state index in [0.29, 0.717) is 11.3 Å². The second kappa shape index (κ2) is 5.73. The highest BCUT2D eigenvalue weighted by atomic mass is 79.9. The van der Waals surface area contributed by atoms with Crippen LogP contribution in [0.4, 0.5) is 13.2 Å². The van der Waals surface area contributed by atoms with E-state index < -0.39 is 12.7 Å². The Labute approximate surface area is 106 Å². The van der Waals surface area contributed by atoms with Crippen LogP contribution in [0.3, 0.4) is 0 Å². The van der Waals surface area contributed by atoms with Gasteiger partial charge in [0, 0.05) is 16.6 Å². The lowest BCUT2D eigenvalue weighted by Crippen LogP contribution is -2.30. The van der Waals surface area contributed by atoms with Crippen molar-refractivity contribution in [2.75, 3.05) is 20.7 Å². The summed E-state index contributed by atoms with van der Waals surface area (Å²) in [5.41, 5.74) is 0.716. The van der Waals surface area contributed by atoms with Gasteiger partial charge in [0.1, 0.15) is 5.75 Å². The van der Waals surface area contributed by atoms with Crippen molar-refractivity contribution >= 4 is 15.9 Å². The molecule has 0 aromatic heterocycles. The number of ether oxygens (including phenoxy) is 1. The van der Waals surface area contributed by atoms with Gasteiger partial charge in [0.25, 0.3) is 0 Å². The molecule has 96 valence electrons. The fourth-order valence-electron chi connectivity index (χ4n) is 1.52. The third kappa shape index (κ3) is 4.95. The van der Waals surface area contributed by atoms with Gasteiger partial charge in [-0.1, -0.05) is 15.9 Å². The minimum absolute atomic E-state index is 0.183. The Bertz CT molecular complexity index is 381. The van der Waals surface area contributed by atoms with Crippen LogP contribution in [0.2, 0.25) is 0 Å². The molecule has 1 aromatic rings. The second-order valence-corrected chi connectivity index (χ2v) is 4.66. The third-order valence-electron chi connectivity index (χ3n) is 2.13. The van der Waals surface area contributed by atoms with Crippen LogP contribution < -0.4 is 4.74 Å². The summed E-state index contributed by atoms with van der Waals surface area (Å²) in [4.78, 5) is 1.20. The van der Waals surface area contributed by atoms with E-state index in [1.54, 1.807) is 18.2 Å². The Morgan fingerprint density at radius 1 is 1.35 bits per heavy atom. The molecule has 0 radical (unpaired) electrons. The molecule has 0 unspecified atom stereocenters. The number of nitrogens with zero attached hydrogens (tertiary/aromatic N) is 1. The maximum absolute atomic E-state index is 12.2. The fourth-order valence-corrected chi connectivity index (χ4v) is 1.93. The largest absolute Gasteiger partial charge is 0.496 e. The van der Waals surface area contributed by atoms with Gasteiger partial charge in [-0.3, -0.25) is 4.90 Å². The SMILES string of the molecule is COc1ccc(Br)cc1CN(C)CC(F)(F)F. The van der Waals surface area contributed by atoms with E-state index in [0.717, 1.165) is 4.47 Å². The molecule has 0 amide bonds. The van der Waals surface area contributed by atoms with Crippen LogP contribution >= 0.6 is 15.9 Å². The van der Waals surface area contributed by atoms with Gasteiger partial charge in [-0.2, -0.15) is 13.2 Å². The topological polar surface area (TPSA) is 12.5 Å². The van der Waals surface area contributed by atoms with Crippen LogP contribution in [0.15, 0.2) is 22.7 Å². The van der Waals surface area contributed by atoms with Crippen molar-refractivity contribution in [3.63, 3.8) is 0 Å². The highest BCUT2D eigenvalue weighted by Gasteiger charge is 2.29. The molecule has 1 rings (SSSR count). The molecule has 0 aliphatic rings. The number of rotatable bonds is 4. The lowest BCUT2D eigenvalue weighted by atomic mass is 10.2. The number of alkyl halides is 3. The van der Waals surface area contributed by atoms with Gasteiger partial charge in [0.05, 0.1) is 13.7 Å². The van der Waals surface area contributed by atoms with Gasteiger partial charge in [0.15, 0.2) is 0 Å². The molecule has 6 heteroatoms. The molecule has 0 aliphatic carbocycles. The molecule has 17 heavy (non-hydrogen) atoms. The Morgan fingerprint density at radius 2 is 2.00 bits per heavy atom. The van der Waals surface area contributed by atoms with Gasteiger partial charge < -0.3 is 4.74 Å². The summed E-state index contributed by atoms with van der Waals surface area (Å²) in [7, 11) is 2.92. The molecule has 0 saturated heterocycles. The van der Waals surface area contributed by atoms with Crippen molar-refractivity contribution in [1.82, 2.24) is 4.90 Å². The molecule has 1 aromatic carbocycles. The summed E-state index contributed by atoms with van der Waals surface area (Å²) in [5, 5.41) is 0. The Kier molecular flexibility index (Phi) is 4.82. The molecule has 0 spiro atoms. The zero-order valence-electron chi connectivity index (χ0n) is 9.51. The van der Waals surface area contributed by atoms with E-state index >= 15 is 0 Å². The molecule has 2 nitrogen and oxygen atoms in total. The molecule has 0 bridgehead atoms. The van der Waals surface area contributed by atoms with E-state index in [1.807, 2.05) is 0 Å². The van der Waals surface area contributed by atoms with Crippen molar-refractivity contribution in [3.8, 4) is 5.75 Å². The van der Waals surface area contributed by atoms with Crippen LogP contribution in [-0.2, 0) is 6.54 Å². The number of halogens is 4. The summed E-state index contributed by atoms with van der Waals surface area (Å²) in [5.74, 6) is 0.585. The molecule has 0 N–H and O–H groups in total. The summed E-state index contributed by atoms with van der Waals surface area (Å²) in [6, 6.07) is 5.26. The molecule has 0 saturated carbocycles. The predicted octanol–water partition coefficient (Wildman–Crippen LogP) is 3.45. The molecular formula is C11H13BrF3NO. The lowest BCUT2D eigenvalue weighted by Gasteiger charge is -2.20. The van der Waals surface area contributed by atoms with Crippen LogP contribution in [0.5, 0.6) is 5.75 Å². The van der Waals surface area contributed by atoms with Crippen LogP contribution in [0.25, 0.3) is 0 Å². The zero-order chi connectivity index (χ0) is 13.1. The number of methoxy groups -OCH3 is 1. The van der Waals surface area contributed by atoms with Crippen molar-refractivity contribution in [3.05, 3.63) is 28.2 Å². The molecular weight excluding hydrogens is 299 g/mol. The van der Waals surface area contributed by atoms with Gasteiger partial charge in [-0.25, -0.2) is 0 Å². The maximum atomic E-state index is 12.2. The minimum Gasteiger partial charge on any atom is -0.496 e. The highest BCUT2D eigenvalue weighted by Crippen LogP contribution is 2.25. The first kappa shape index (κ1) is 14.3. The van der Waals surface area contributed by atoms with E-state index in [4.69, 9.17) is 4.74 Å². The summed E-state index contributed by atoms with van der Waals surface area (Å²) < 4.78 is 42.5. The molecule has 0 fully saturated rings. The summed E-state index contributed by atoms with van der Waals surface area (Å²) in [6.45, 7) is -0.759. The smallest absolute Gasteiger partial charge is 0.401 e. The monoisotopic (exact) mass is 311 g/mol. The summed E-state index contributed by atoms with van der Waals surface area (Å²) in [6.07, 6.45) is -4.19. The van der Waals surface area contributed by atoms with E-state index in [-0.39, 0.29) is 6.54 Å². The van der Waals surface area contributed by atoms with Gasteiger partial charge in [0.2, 0.25) is 0 Å². The number of hydrogen-bond acceptors (Lipinski definition) is 2. The van der Waals surface area contributed by atoms with Gasteiger partial charge in [-0.05, 0) is 25.2 Å². The Hall–Kier alpha value is -0.750. The maximum Gasteiger partial charge on any atom is 0.401 e. The van der Waals surface area contributed by atoms with Crippen molar-refractivity contribution in [1.29, 1.82) is 0 Å². The van der Waals surface area contributed by atoms with E-state index in [2.05, 4.69) is 15.9 Å². The Balaban J connectivity index is 2.76. The normalized spacial score (nSPS) is 11.9. The third-order valence-corrected chi connectivity index (χ3v) is 2.63. The van der Waals surface area contributed by atoms with Crippen LogP contribution in [-0.4, -0.2) is 31.8 Å². The zero-order valence-corrected chi connectivity index (χ0v) is 11.1. The predicted molar refractivity (Wildman–Crippen MR) is 63.1 cm³/mol. The average molecular weight is 312 g/mol. The van der Waals surface area contributed by atoms with Crippen molar-refractivity contribution in [2.45, 2.75) is 12.7 Å². The van der Waals surface area contributed by atoms with Crippen LogP contribution in [0, 0.1) is 0 Å². The van der Waals surface area contributed by atoms with Crippen molar-refractivity contribution in [2.24, 2.45) is 0 Å². The quantitative estimate of drug-likeness (QED) is 0.844. The highest BCUT2D eigenvalue weighted by molar-refractivity contribution is 9.10. The molecule has 0 atom stereocenters. The first-order chi connectivity index (χ1) is 7.81. The fraction of sp³-hybridized carbons (Fsp3) is 0.455. The van der Waals surface area contributed by atoms with Crippen LogP contribution in [0.1, 0.15) is 5.56 Å². The Morgan fingerprint density at radius 3 is 2.53 bits per heavy atom.